The first-order valence-corrected chi connectivity index (χ1v) is 10.5. The lowest BCUT2D eigenvalue weighted by Gasteiger charge is -2.38. The summed E-state index contributed by atoms with van der Waals surface area (Å²) in [4.78, 5) is 14.4. The number of nitrogens with zero attached hydrogens (tertiary/aromatic N) is 5. The van der Waals surface area contributed by atoms with Gasteiger partial charge in [-0.2, -0.15) is 4.52 Å². The highest BCUT2D eigenvalue weighted by atomic mass is 19.2. The summed E-state index contributed by atoms with van der Waals surface area (Å²) in [6.07, 6.45) is 1.92. The van der Waals surface area contributed by atoms with Crippen molar-refractivity contribution < 1.29 is 23.0 Å². The molecule has 3 aromatic rings. The summed E-state index contributed by atoms with van der Waals surface area (Å²) in [5, 5.41) is 15.5. The number of hydrogen-bond acceptors (Lipinski definition) is 7. The Morgan fingerprint density at radius 3 is 2.59 bits per heavy atom. The molecule has 1 N–H and O–H groups in total. The predicted molar refractivity (Wildman–Crippen MR) is 110 cm³/mol. The van der Waals surface area contributed by atoms with E-state index in [0.29, 0.717) is 24.7 Å². The maximum atomic E-state index is 13.3. The van der Waals surface area contributed by atoms with Gasteiger partial charge in [0.1, 0.15) is 5.82 Å². The van der Waals surface area contributed by atoms with Crippen LogP contribution in [0.15, 0.2) is 30.3 Å². The first-order valence-electron chi connectivity index (χ1n) is 10.5. The molecule has 0 atom stereocenters. The molecule has 2 aromatic heterocycles. The van der Waals surface area contributed by atoms with Crippen LogP contribution in [-0.2, 0) is 20.7 Å². The van der Waals surface area contributed by atoms with Crippen LogP contribution in [-0.4, -0.2) is 57.8 Å². The molecule has 1 aromatic carbocycles. The Hall–Kier alpha value is -3.18. The first kappa shape index (κ1) is 20.7. The van der Waals surface area contributed by atoms with Crippen molar-refractivity contribution in [2.24, 2.45) is 0 Å². The number of nitrogens with one attached hydrogen (secondary N) is 1. The fourth-order valence-electron chi connectivity index (χ4n) is 4.03. The summed E-state index contributed by atoms with van der Waals surface area (Å²) in [5.74, 6) is -1.45. The molecule has 2 saturated heterocycles. The van der Waals surface area contributed by atoms with Crippen LogP contribution in [0.2, 0.25) is 0 Å². The second kappa shape index (κ2) is 8.40. The number of ether oxygens (including phenoxy) is 2. The molecule has 1 amide bonds. The third kappa shape index (κ3) is 4.13. The summed E-state index contributed by atoms with van der Waals surface area (Å²) in [7, 11) is 0. The van der Waals surface area contributed by atoms with Gasteiger partial charge in [0.2, 0.25) is 5.91 Å². The molecule has 0 aliphatic carbocycles. The van der Waals surface area contributed by atoms with Crippen LogP contribution >= 0.6 is 0 Å². The van der Waals surface area contributed by atoms with Gasteiger partial charge >= 0.3 is 0 Å². The smallest absolute Gasteiger partial charge is 0.224 e. The van der Waals surface area contributed by atoms with Crippen molar-refractivity contribution in [3.05, 3.63) is 47.8 Å². The fourth-order valence-corrected chi connectivity index (χ4v) is 4.03. The highest BCUT2D eigenvalue weighted by molar-refractivity contribution is 5.90. The van der Waals surface area contributed by atoms with Crippen LogP contribution in [0.25, 0.3) is 5.65 Å². The van der Waals surface area contributed by atoms with E-state index in [4.69, 9.17) is 9.47 Å². The van der Waals surface area contributed by atoms with E-state index >= 15 is 0 Å². The largest absolute Gasteiger partial charge is 0.355 e. The zero-order chi connectivity index (χ0) is 22.1. The number of anilines is 2. The third-order valence-corrected chi connectivity index (χ3v) is 5.76. The van der Waals surface area contributed by atoms with E-state index in [1.165, 1.54) is 6.07 Å². The van der Waals surface area contributed by atoms with Crippen molar-refractivity contribution in [1.82, 2.24) is 19.8 Å². The number of rotatable bonds is 5. The summed E-state index contributed by atoms with van der Waals surface area (Å²) in [6.45, 7) is 2.79. The molecule has 0 unspecified atom stereocenters. The number of benzene rings is 1. The SMILES string of the molecule is O=C(CCc1nnc2ccc(N3CCC4(CC3)OCCO4)nn12)Nc1ccc(F)c(F)c1. The van der Waals surface area contributed by atoms with Crippen molar-refractivity contribution in [3.63, 3.8) is 0 Å². The van der Waals surface area contributed by atoms with E-state index in [1.807, 2.05) is 12.1 Å². The highest BCUT2D eigenvalue weighted by Crippen LogP contribution is 2.32. The number of piperidine rings is 1. The molecule has 0 bridgehead atoms. The van der Waals surface area contributed by atoms with Gasteiger partial charge in [-0.3, -0.25) is 4.79 Å². The fraction of sp³-hybridized carbons (Fsp3) is 0.429. The zero-order valence-electron chi connectivity index (χ0n) is 17.3. The molecule has 2 aliphatic rings. The average Bonchev–Trinajstić information content (AvgIpc) is 3.42. The molecule has 2 aliphatic heterocycles. The Kier molecular flexibility index (Phi) is 5.43. The van der Waals surface area contributed by atoms with Gasteiger partial charge in [0, 0.05) is 50.5 Å². The Bertz CT molecular complexity index is 1140. The van der Waals surface area contributed by atoms with Gasteiger partial charge in [-0.25, -0.2) is 8.78 Å². The molecule has 4 heterocycles. The Labute approximate surface area is 182 Å². The zero-order valence-corrected chi connectivity index (χ0v) is 17.3. The minimum absolute atomic E-state index is 0.0899. The normalized spacial score (nSPS) is 17.9. The number of fused-ring (bicyclic) bond motifs is 1. The number of hydrogen-bond donors (Lipinski definition) is 1. The maximum Gasteiger partial charge on any atom is 0.224 e. The quantitative estimate of drug-likeness (QED) is 0.646. The highest BCUT2D eigenvalue weighted by Gasteiger charge is 2.40. The Morgan fingerprint density at radius 2 is 1.84 bits per heavy atom. The van der Waals surface area contributed by atoms with Crippen molar-refractivity contribution in [2.45, 2.75) is 31.5 Å². The third-order valence-electron chi connectivity index (χ3n) is 5.76. The van der Waals surface area contributed by atoms with Gasteiger partial charge in [-0.05, 0) is 24.3 Å². The lowest BCUT2D eigenvalue weighted by molar-refractivity contribution is -0.169. The summed E-state index contributed by atoms with van der Waals surface area (Å²) in [5.41, 5.74) is 0.777. The van der Waals surface area contributed by atoms with Crippen molar-refractivity contribution in [2.75, 3.05) is 36.5 Å². The van der Waals surface area contributed by atoms with Crippen LogP contribution in [0.4, 0.5) is 20.3 Å². The first-order chi connectivity index (χ1) is 15.5. The van der Waals surface area contributed by atoms with Crippen LogP contribution < -0.4 is 10.2 Å². The maximum absolute atomic E-state index is 13.3. The molecule has 9 nitrogen and oxygen atoms in total. The predicted octanol–water partition coefficient (Wildman–Crippen LogP) is 2.32. The molecular formula is C21H22F2N6O3. The number of carbonyl (C=O) groups is 1. The molecule has 32 heavy (non-hydrogen) atoms. The van der Waals surface area contributed by atoms with Gasteiger partial charge in [0.05, 0.1) is 13.2 Å². The van der Waals surface area contributed by atoms with E-state index in [-0.39, 0.29) is 24.4 Å². The Balaban J connectivity index is 1.24. The van der Waals surface area contributed by atoms with Crippen LogP contribution in [0, 0.1) is 11.6 Å². The van der Waals surface area contributed by atoms with Crippen molar-refractivity contribution in [3.8, 4) is 0 Å². The topological polar surface area (TPSA) is 93.9 Å². The van der Waals surface area contributed by atoms with E-state index in [9.17, 15) is 13.6 Å². The van der Waals surface area contributed by atoms with E-state index in [1.54, 1.807) is 4.52 Å². The number of carbonyl (C=O) groups excluding carboxylic acids is 1. The monoisotopic (exact) mass is 444 g/mol. The molecule has 5 rings (SSSR count). The van der Waals surface area contributed by atoms with Gasteiger partial charge in [-0.15, -0.1) is 15.3 Å². The van der Waals surface area contributed by atoms with Gasteiger partial charge in [-0.1, -0.05) is 0 Å². The number of amides is 1. The van der Waals surface area contributed by atoms with Crippen LogP contribution in [0.5, 0.6) is 0 Å². The average molecular weight is 444 g/mol. The van der Waals surface area contributed by atoms with E-state index < -0.39 is 17.4 Å². The molecule has 0 saturated carbocycles. The molecule has 1 spiro atoms. The lowest BCUT2D eigenvalue weighted by atomic mass is 10.0. The molecular weight excluding hydrogens is 422 g/mol. The second-order valence-electron chi connectivity index (χ2n) is 7.85. The van der Waals surface area contributed by atoms with Gasteiger partial charge in [0.25, 0.3) is 0 Å². The minimum Gasteiger partial charge on any atom is -0.355 e. The van der Waals surface area contributed by atoms with E-state index in [0.717, 1.165) is 43.9 Å². The number of halogens is 2. The van der Waals surface area contributed by atoms with Crippen LogP contribution in [0.1, 0.15) is 25.1 Å². The second-order valence-corrected chi connectivity index (χ2v) is 7.85. The molecule has 2 fully saturated rings. The minimum atomic E-state index is -1.02. The Morgan fingerprint density at radius 1 is 1.06 bits per heavy atom. The van der Waals surface area contributed by atoms with Gasteiger partial charge < -0.3 is 19.7 Å². The molecule has 11 heteroatoms. The van der Waals surface area contributed by atoms with Gasteiger partial charge in [0.15, 0.2) is 28.9 Å². The van der Waals surface area contributed by atoms with E-state index in [2.05, 4.69) is 25.5 Å². The van der Waals surface area contributed by atoms with Crippen molar-refractivity contribution in [1.29, 1.82) is 0 Å². The summed E-state index contributed by atoms with van der Waals surface area (Å²) >= 11 is 0. The standard InChI is InChI=1S/C21H22F2N6O3/c22-15-2-1-14(13-16(15)23)24-20(30)6-5-18-26-25-17-3-4-19(27-29(17)18)28-9-7-21(8-10-28)31-11-12-32-21/h1-4,13H,5-12H2,(H,24,30). The summed E-state index contributed by atoms with van der Waals surface area (Å²) < 4.78 is 39.5. The molecule has 0 radical (unpaired) electrons. The summed E-state index contributed by atoms with van der Waals surface area (Å²) in [6, 6.07) is 6.96. The number of aromatic nitrogens is 4. The lowest BCUT2D eigenvalue weighted by Crippen LogP contribution is -2.45. The van der Waals surface area contributed by atoms with Crippen molar-refractivity contribution >= 4 is 23.1 Å². The number of aryl methyl sites for hydroxylation is 1. The van der Waals surface area contributed by atoms with Crippen LogP contribution in [0.3, 0.4) is 0 Å². The molecule has 168 valence electrons.